The molecule has 0 aliphatic carbocycles. The van der Waals surface area contributed by atoms with Crippen LogP contribution in [0.1, 0.15) is 52.9 Å². The van der Waals surface area contributed by atoms with E-state index in [2.05, 4.69) is 5.10 Å². The topological polar surface area (TPSA) is 104 Å². The zero-order valence-electron chi connectivity index (χ0n) is 22.5. The zero-order valence-corrected chi connectivity index (χ0v) is 22.5. The maximum absolute atomic E-state index is 14.4. The lowest BCUT2D eigenvalue weighted by Gasteiger charge is -2.44. The molecule has 204 valence electrons. The quantitative estimate of drug-likeness (QED) is 0.269. The molecule has 0 amide bonds. The maximum atomic E-state index is 14.4. The first-order valence-corrected chi connectivity index (χ1v) is 12.9. The van der Waals surface area contributed by atoms with Crippen molar-refractivity contribution in [1.29, 1.82) is 0 Å². The Labute approximate surface area is 231 Å². The molecular formula is C31H28N2O7. The molecule has 0 unspecified atom stereocenters. The van der Waals surface area contributed by atoms with Crippen LogP contribution < -0.4 is 9.47 Å². The van der Waals surface area contributed by atoms with Gasteiger partial charge in [-0.05, 0) is 53.1 Å². The van der Waals surface area contributed by atoms with E-state index >= 15 is 0 Å². The molecule has 0 saturated carbocycles. The molecule has 3 aliphatic heterocycles. The van der Waals surface area contributed by atoms with E-state index < -0.39 is 41.1 Å². The third-order valence-corrected chi connectivity index (χ3v) is 7.88. The first-order valence-electron chi connectivity index (χ1n) is 12.9. The minimum Gasteiger partial charge on any atom is -0.497 e. The molecule has 0 bridgehead atoms. The largest absolute Gasteiger partial charge is 0.497 e. The fourth-order valence-corrected chi connectivity index (χ4v) is 6.12. The Morgan fingerprint density at radius 3 is 2.02 bits per heavy atom. The van der Waals surface area contributed by atoms with Crippen LogP contribution in [0.5, 0.6) is 11.5 Å². The summed E-state index contributed by atoms with van der Waals surface area (Å²) in [5, 5.41) is 6.26. The van der Waals surface area contributed by atoms with E-state index in [1.54, 1.807) is 74.0 Å². The number of carbonyl (C=O) groups excluding carboxylic acids is 3. The summed E-state index contributed by atoms with van der Waals surface area (Å²) >= 11 is 0. The number of methoxy groups -OCH3 is 2. The van der Waals surface area contributed by atoms with Crippen molar-refractivity contribution < 1.29 is 33.3 Å². The van der Waals surface area contributed by atoms with E-state index in [9.17, 15) is 14.4 Å². The van der Waals surface area contributed by atoms with E-state index in [0.29, 0.717) is 28.2 Å². The van der Waals surface area contributed by atoms with Crippen molar-refractivity contribution in [1.82, 2.24) is 5.01 Å². The highest BCUT2D eigenvalue weighted by Crippen LogP contribution is 2.63. The third-order valence-electron chi connectivity index (χ3n) is 7.88. The van der Waals surface area contributed by atoms with Gasteiger partial charge in [0.25, 0.3) is 5.79 Å². The van der Waals surface area contributed by atoms with E-state index in [0.717, 1.165) is 5.56 Å². The number of hydrazone groups is 1. The lowest BCUT2D eigenvalue weighted by atomic mass is 9.65. The molecule has 40 heavy (non-hydrogen) atoms. The highest BCUT2D eigenvalue weighted by Gasteiger charge is 2.75. The van der Waals surface area contributed by atoms with Gasteiger partial charge in [0, 0.05) is 25.3 Å². The summed E-state index contributed by atoms with van der Waals surface area (Å²) in [5.41, 5.74) is 0.440. The van der Waals surface area contributed by atoms with Gasteiger partial charge in [0.1, 0.15) is 23.6 Å². The highest BCUT2D eigenvalue weighted by atomic mass is 16.7. The Morgan fingerprint density at radius 2 is 1.43 bits per heavy atom. The summed E-state index contributed by atoms with van der Waals surface area (Å²) < 4.78 is 22.2. The van der Waals surface area contributed by atoms with Crippen LogP contribution in [0.4, 0.5) is 0 Å². The van der Waals surface area contributed by atoms with Crippen LogP contribution in [0.15, 0.2) is 77.9 Å². The summed E-state index contributed by atoms with van der Waals surface area (Å²) in [6, 6.07) is 19.1. The zero-order chi connectivity index (χ0) is 28.2. The average molecular weight is 541 g/mol. The van der Waals surface area contributed by atoms with Crippen molar-refractivity contribution in [2.24, 2.45) is 10.5 Å². The number of rotatable bonds is 5. The average Bonchev–Trinajstić information content (AvgIpc) is 3.28. The van der Waals surface area contributed by atoms with Gasteiger partial charge in [0.05, 0.1) is 20.4 Å². The number of benzene rings is 3. The van der Waals surface area contributed by atoms with Crippen LogP contribution in [0.25, 0.3) is 0 Å². The first kappa shape index (κ1) is 25.6. The second kappa shape index (κ2) is 9.22. The van der Waals surface area contributed by atoms with Crippen molar-refractivity contribution in [3.8, 4) is 11.5 Å². The number of carbonyl (C=O) groups is 3. The predicted octanol–water partition coefficient (Wildman–Crippen LogP) is 4.27. The standard InChI is InChI=1S/C31H28N2O7/c1-30(2)39-28(35)31(29(36)40-30)24(18-9-13-21(37-3)14-10-18)25(26(34)19-11-15-22(38-4)16-12-19)33-27(31)23-8-6-5-7-20(23)17-32-33/h5-17,24-25,27H,1-4H3/t24-,25-,27+/m0/s1. The monoisotopic (exact) mass is 540 g/mol. The molecule has 3 aromatic rings. The molecule has 0 aromatic heterocycles. The maximum Gasteiger partial charge on any atom is 0.330 e. The van der Waals surface area contributed by atoms with E-state index in [4.69, 9.17) is 18.9 Å². The number of nitrogens with zero attached hydrogens (tertiary/aromatic N) is 2. The van der Waals surface area contributed by atoms with Crippen LogP contribution in [0.3, 0.4) is 0 Å². The number of fused-ring (bicyclic) bond motifs is 4. The summed E-state index contributed by atoms with van der Waals surface area (Å²) in [6.07, 6.45) is 1.65. The lowest BCUT2D eigenvalue weighted by molar-refractivity contribution is -0.254. The van der Waals surface area contributed by atoms with Crippen LogP contribution in [0.2, 0.25) is 0 Å². The van der Waals surface area contributed by atoms with Crippen LogP contribution in [-0.4, -0.2) is 55.0 Å². The van der Waals surface area contributed by atoms with Gasteiger partial charge < -0.3 is 18.9 Å². The molecule has 0 N–H and O–H groups in total. The molecule has 9 nitrogen and oxygen atoms in total. The number of hydrogen-bond donors (Lipinski definition) is 0. The van der Waals surface area contributed by atoms with Gasteiger partial charge in [-0.25, -0.2) is 0 Å². The number of ketones is 1. The van der Waals surface area contributed by atoms with Crippen molar-refractivity contribution in [3.05, 3.63) is 95.1 Å². The smallest absolute Gasteiger partial charge is 0.330 e. The van der Waals surface area contributed by atoms with Gasteiger partial charge in [-0.2, -0.15) is 5.10 Å². The Hall–Kier alpha value is -4.66. The van der Waals surface area contributed by atoms with Crippen LogP contribution in [-0.2, 0) is 19.1 Å². The predicted molar refractivity (Wildman–Crippen MR) is 144 cm³/mol. The first-order chi connectivity index (χ1) is 19.2. The van der Waals surface area contributed by atoms with E-state index in [1.807, 2.05) is 24.3 Å². The normalized spacial score (nSPS) is 23.6. The van der Waals surface area contributed by atoms with Crippen molar-refractivity contribution in [2.75, 3.05) is 14.2 Å². The van der Waals surface area contributed by atoms with Crippen LogP contribution in [0, 0.1) is 5.41 Å². The molecule has 3 atom stereocenters. The van der Waals surface area contributed by atoms with Crippen LogP contribution >= 0.6 is 0 Å². The minimum atomic E-state index is -1.93. The highest BCUT2D eigenvalue weighted by molar-refractivity contribution is 6.09. The molecular weight excluding hydrogens is 512 g/mol. The number of hydrogen-bond acceptors (Lipinski definition) is 9. The molecule has 1 spiro atoms. The second-order valence-corrected chi connectivity index (χ2v) is 10.5. The van der Waals surface area contributed by atoms with Gasteiger partial charge in [0.2, 0.25) is 5.41 Å². The fraction of sp³-hybridized carbons (Fsp3) is 0.290. The number of esters is 2. The van der Waals surface area contributed by atoms with Crippen molar-refractivity contribution in [3.63, 3.8) is 0 Å². The Balaban J connectivity index is 1.62. The summed E-state index contributed by atoms with van der Waals surface area (Å²) in [4.78, 5) is 42.9. The lowest BCUT2D eigenvalue weighted by Crippen LogP contribution is -2.58. The summed E-state index contributed by atoms with van der Waals surface area (Å²) in [6.45, 7) is 3.02. The van der Waals surface area contributed by atoms with Gasteiger partial charge in [-0.1, -0.05) is 36.4 Å². The Kier molecular flexibility index (Phi) is 5.90. The van der Waals surface area contributed by atoms with Crippen molar-refractivity contribution >= 4 is 23.9 Å². The molecule has 2 saturated heterocycles. The van der Waals surface area contributed by atoms with Gasteiger partial charge in [-0.3, -0.25) is 19.4 Å². The molecule has 9 heteroatoms. The molecule has 0 radical (unpaired) electrons. The summed E-state index contributed by atoms with van der Waals surface area (Å²) in [5.74, 6) is -3.13. The molecule has 3 aromatic carbocycles. The minimum absolute atomic E-state index is 0.313. The van der Waals surface area contributed by atoms with E-state index in [1.165, 1.54) is 13.8 Å². The number of ether oxygens (including phenoxy) is 4. The van der Waals surface area contributed by atoms with Gasteiger partial charge >= 0.3 is 11.9 Å². The van der Waals surface area contributed by atoms with E-state index in [-0.39, 0.29) is 5.78 Å². The van der Waals surface area contributed by atoms with Gasteiger partial charge in [-0.15, -0.1) is 0 Å². The second-order valence-electron chi connectivity index (χ2n) is 10.5. The van der Waals surface area contributed by atoms with Gasteiger partial charge in [0.15, 0.2) is 5.78 Å². The molecule has 6 rings (SSSR count). The SMILES string of the molecule is COc1ccc(C(=O)[C@@H]2[C@H](c3ccc(OC)cc3)C3(C(=O)OC(C)(C)OC3=O)[C@H]3c4ccccc4C=NN23)cc1. The molecule has 2 fully saturated rings. The number of cyclic esters (lactones) is 2. The molecule has 3 heterocycles. The Bertz CT molecular complexity index is 1510. The van der Waals surface area contributed by atoms with Crippen molar-refractivity contribution in [2.45, 2.75) is 37.6 Å². The summed E-state index contributed by atoms with van der Waals surface area (Å²) in [7, 11) is 3.09. The number of Topliss-reactive ketones (excluding diaryl/α,β-unsaturated/α-hetero) is 1. The molecule has 3 aliphatic rings. The fourth-order valence-electron chi connectivity index (χ4n) is 6.12. The third kappa shape index (κ3) is 3.68. The Morgan fingerprint density at radius 1 is 0.850 bits per heavy atom.